The van der Waals surface area contributed by atoms with Gasteiger partial charge in [0.1, 0.15) is 11.6 Å². The van der Waals surface area contributed by atoms with Crippen molar-refractivity contribution in [1.82, 2.24) is 9.97 Å². The SMILES string of the molecule is Nc1ccc(-c2nc3ccc(F)cc3[nH]2)cc1.[HH]. The van der Waals surface area contributed by atoms with E-state index in [1.54, 1.807) is 6.07 Å². The molecule has 0 saturated carbocycles. The molecule has 4 heteroatoms. The van der Waals surface area contributed by atoms with Crippen molar-refractivity contribution in [3.63, 3.8) is 0 Å². The third kappa shape index (κ3) is 1.73. The molecule has 3 rings (SSSR count). The van der Waals surface area contributed by atoms with E-state index in [0.29, 0.717) is 17.0 Å². The van der Waals surface area contributed by atoms with Crippen molar-refractivity contribution >= 4 is 16.7 Å². The molecule has 1 aromatic heterocycles. The second kappa shape index (κ2) is 3.59. The fraction of sp³-hybridized carbons (Fsp3) is 0. The topological polar surface area (TPSA) is 54.7 Å². The molecule has 3 aromatic rings. The van der Waals surface area contributed by atoms with E-state index < -0.39 is 0 Å². The number of aromatic amines is 1. The van der Waals surface area contributed by atoms with Crippen LogP contribution in [0.15, 0.2) is 42.5 Å². The van der Waals surface area contributed by atoms with Gasteiger partial charge in [0.2, 0.25) is 0 Å². The van der Waals surface area contributed by atoms with Crippen LogP contribution in [0.3, 0.4) is 0 Å². The molecule has 0 aliphatic heterocycles. The van der Waals surface area contributed by atoms with Crippen LogP contribution in [-0.4, -0.2) is 9.97 Å². The smallest absolute Gasteiger partial charge is 0.138 e. The number of nitrogens with two attached hydrogens (primary N) is 1. The number of hydrogen-bond acceptors (Lipinski definition) is 2. The van der Waals surface area contributed by atoms with Gasteiger partial charge in [-0.2, -0.15) is 0 Å². The van der Waals surface area contributed by atoms with Gasteiger partial charge in [-0.1, -0.05) is 0 Å². The summed E-state index contributed by atoms with van der Waals surface area (Å²) in [6, 6.07) is 11.9. The molecular formula is C13H12FN3. The van der Waals surface area contributed by atoms with E-state index in [9.17, 15) is 4.39 Å². The molecule has 0 unspecified atom stereocenters. The number of nitrogens with one attached hydrogen (secondary N) is 1. The van der Waals surface area contributed by atoms with Crippen molar-refractivity contribution in [2.24, 2.45) is 0 Å². The van der Waals surface area contributed by atoms with Crippen molar-refractivity contribution in [2.75, 3.05) is 5.73 Å². The highest BCUT2D eigenvalue weighted by Crippen LogP contribution is 2.21. The first-order valence-electron chi connectivity index (χ1n) is 5.23. The second-order valence-corrected chi connectivity index (χ2v) is 3.87. The minimum atomic E-state index is -0.273. The predicted molar refractivity (Wildman–Crippen MR) is 68.0 cm³/mol. The molecule has 0 amide bonds. The van der Waals surface area contributed by atoms with Crippen LogP contribution in [0.4, 0.5) is 10.1 Å². The van der Waals surface area contributed by atoms with Gasteiger partial charge in [0.15, 0.2) is 0 Å². The lowest BCUT2D eigenvalue weighted by Gasteiger charge is -1.96. The van der Waals surface area contributed by atoms with Crippen molar-refractivity contribution < 1.29 is 5.82 Å². The molecule has 0 spiro atoms. The first kappa shape index (κ1) is 9.84. The molecule has 17 heavy (non-hydrogen) atoms. The van der Waals surface area contributed by atoms with Crippen LogP contribution in [0.1, 0.15) is 1.43 Å². The molecule has 0 saturated heterocycles. The van der Waals surface area contributed by atoms with E-state index in [4.69, 9.17) is 5.73 Å². The minimum absolute atomic E-state index is 0. The maximum absolute atomic E-state index is 13.0. The molecule has 3 N–H and O–H groups in total. The summed E-state index contributed by atoms with van der Waals surface area (Å²) in [6.45, 7) is 0. The number of imidazole rings is 1. The monoisotopic (exact) mass is 229 g/mol. The number of halogens is 1. The van der Waals surface area contributed by atoms with Crippen molar-refractivity contribution in [3.05, 3.63) is 48.3 Å². The number of nitrogen functional groups attached to an aromatic ring is 1. The Morgan fingerprint density at radius 3 is 2.65 bits per heavy atom. The maximum Gasteiger partial charge on any atom is 0.138 e. The van der Waals surface area contributed by atoms with E-state index in [2.05, 4.69) is 9.97 Å². The summed E-state index contributed by atoms with van der Waals surface area (Å²) in [5.41, 5.74) is 8.69. The number of aromatic nitrogens is 2. The number of hydrogen-bond donors (Lipinski definition) is 2. The summed E-state index contributed by atoms with van der Waals surface area (Å²) in [6.07, 6.45) is 0. The largest absolute Gasteiger partial charge is 0.399 e. The van der Waals surface area contributed by atoms with E-state index in [0.717, 1.165) is 11.1 Å². The van der Waals surface area contributed by atoms with Gasteiger partial charge < -0.3 is 10.7 Å². The maximum atomic E-state index is 13.0. The average Bonchev–Trinajstić information content (AvgIpc) is 2.72. The van der Waals surface area contributed by atoms with Crippen LogP contribution < -0.4 is 5.73 Å². The van der Waals surface area contributed by atoms with Crippen LogP contribution in [0.2, 0.25) is 0 Å². The number of nitrogens with zero attached hydrogens (tertiary/aromatic N) is 1. The van der Waals surface area contributed by atoms with Gasteiger partial charge in [-0.15, -0.1) is 0 Å². The Labute approximate surface area is 98.6 Å². The summed E-state index contributed by atoms with van der Waals surface area (Å²) in [4.78, 5) is 7.47. The van der Waals surface area contributed by atoms with E-state index in [1.165, 1.54) is 12.1 Å². The Hall–Kier alpha value is -2.36. The van der Waals surface area contributed by atoms with Crippen molar-refractivity contribution in [1.29, 1.82) is 0 Å². The van der Waals surface area contributed by atoms with Gasteiger partial charge in [-0.25, -0.2) is 9.37 Å². The number of H-pyrrole nitrogens is 1. The van der Waals surface area contributed by atoms with Crippen LogP contribution in [0.25, 0.3) is 22.4 Å². The summed E-state index contributed by atoms with van der Waals surface area (Å²) in [5.74, 6) is 0.440. The fourth-order valence-electron chi connectivity index (χ4n) is 1.76. The minimum Gasteiger partial charge on any atom is -0.399 e. The van der Waals surface area contributed by atoms with Crippen molar-refractivity contribution in [3.8, 4) is 11.4 Å². The molecule has 0 aliphatic carbocycles. The second-order valence-electron chi connectivity index (χ2n) is 3.87. The number of benzene rings is 2. The highest BCUT2D eigenvalue weighted by atomic mass is 19.1. The summed E-state index contributed by atoms with van der Waals surface area (Å²) in [5, 5.41) is 0. The molecule has 1 heterocycles. The molecule has 0 atom stereocenters. The Kier molecular flexibility index (Phi) is 2.08. The van der Waals surface area contributed by atoms with Gasteiger partial charge in [0.05, 0.1) is 11.0 Å². The van der Waals surface area contributed by atoms with Gasteiger partial charge in [-0.3, -0.25) is 0 Å². The summed E-state index contributed by atoms with van der Waals surface area (Å²) >= 11 is 0. The quantitative estimate of drug-likeness (QED) is 0.629. The fourth-order valence-corrected chi connectivity index (χ4v) is 1.76. The molecule has 0 radical (unpaired) electrons. The first-order valence-corrected chi connectivity index (χ1v) is 5.23. The number of fused-ring (bicyclic) bond motifs is 1. The zero-order valence-electron chi connectivity index (χ0n) is 8.94. The lowest BCUT2D eigenvalue weighted by Crippen LogP contribution is -1.84. The normalized spacial score (nSPS) is 10.9. The number of rotatable bonds is 1. The Bertz CT molecular complexity index is 676. The zero-order chi connectivity index (χ0) is 11.8. The third-order valence-electron chi connectivity index (χ3n) is 2.63. The number of anilines is 1. The molecule has 86 valence electrons. The molecular weight excluding hydrogens is 217 g/mol. The van der Waals surface area contributed by atoms with E-state index >= 15 is 0 Å². The Balaban J connectivity index is 0.00000120. The Morgan fingerprint density at radius 2 is 1.88 bits per heavy atom. The highest BCUT2D eigenvalue weighted by molar-refractivity contribution is 5.79. The Morgan fingerprint density at radius 1 is 1.12 bits per heavy atom. The van der Waals surface area contributed by atoms with Gasteiger partial charge >= 0.3 is 0 Å². The van der Waals surface area contributed by atoms with Crippen molar-refractivity contribution in [2.45, 2.75) is 0 Å². The molecule has 3 nitrogen and oxygen atoms in total. The van der Waals surface area contributed by atoms with Crippen LogP contribution in [0.5, 0.6) is 0 Å². The molecule has 0 bridgehead atoms. The summed E-state index contributed by atoms with van der Waals surface area (Å²) < 4.78 is 13.0. The third-order valence-corrected chi connectivity index (χ3v) is 2.63. The van der Waals surface area contributed by atoms with Crippen LogP contribution in [-0.2, 0) is 0 Å². The highest BCUT2D eigenvalue weighted by Gasteiger charge is 2.05. The van der Waals surface area contributed by atoms with E-state index in [-0.39, 0.29) is 7.24 Å². The zero-order valence-corrected chi connectivity index (χ0v) is 8.94. The van der Waals surface area contributed by atoms with Gasteiger partial charge in [-0.05, 0) is 42.5 Å². The molecule has 2 aromatic carbocycles. The lowest BCUT2D eigenvalue weighted by molar-refractivity contribution is 0.629. The standard InChI is InChI=1S/C13H10FN3.H2/c14-9-3-6-11-12(7-9)17-13(16-11)8-1-4-10(15)5-2-8;/h1-7H,15H2,(H,16,17);1H. The van der Waals surface area contributed by atoms with Gasteiger partial charge in [0.25, 0.3) is 0 Å². The van der Waals surface area contributed by atoms with Crippen LogP contribution in [0, 0.1) is 5.82 Å². The molecule has 0 aliphatic rings. The average molecular weight is 229 g/mol. The summed E-state index contributed by atoms with van der Waals surface area (Å²) in [7, 11) is 0. The van der Waals surface area contributed by atoms with Gasteiger partial charge in [0, 0.05) is 12.7 Å². The van der Waals surface area contributed by atoms with Crippen LogP contribution >= 0.6 is 0 Å². The molecule has 0 fully saturated rings. The lowest BCUT2D eigenvalue weighted by atomic mass is 10.2. The first-order chi connectivity index (χ1) is 8.22. The van der Waals surface area contributed by atoms with E-state index in [1.807, 2.05) is 24.3 Å². The predicted octanol–water partition coefficient (Wildman–Crippen LogP) is 3.20.